The first-order valence-electron chi connectivity index (χ1n) is 5.21. The lowest BCUT2D eigenvalue weighted by atomic mass is 10.1. The van der Waals surface area contributed by atoms with Crippen molar-refractivity contribution in [1.82, 2.24) is 0 Å². The molecule has 0 aliphatic rings. The smallest absolute Gasteiger partial charge is 0.308 e. The Morgan fingerprint density at radius 3 is 2.65 bits per heavy atom. The van der Waals surface area contributed by atoms with Crippen molar-refractivity contribution in [2.45, 2.75) is 20.8 Å². The molecule has 1 aromatic heterocycles. The van der Waals surface area contributed by atoms with Crippen LogP contribution in [0.2, 0.25) is 0 Å². The number of rotatable bonds is 1. The van der Waals surface area contributed by atoms with Crippen molar-refractivity contribution in [2.24, 2.45) is 0 Å². The van der Waals surface area contributed by atoms with Crippen molar-refractivity contribution in [3.63, 3.8) is 0 Å². The Kier molecular flexibility index (Phi) is 2.71. The zero-order valence-corrected chi connectivity index (χ0v) is 9.87. The minimum Gasteiger partial charge on any atom is -0.461 e. The number of ether oxygens (including phenoxy) is 1. The van der Waals surface area contributed by atoms with Crippen LogP contribution in [-0.4, -0.2) is 5.97 Å². The first-order chi connectivity index (χ1) is 7.99. The molecule has 0 bridgehead atoms. The van der Waals surface area contributed by atoms with E-state index in [2.05, 4.69) is 0 Å². The summed E-state index contributed by atoms with van der Waals surface area (Å²) in [5, 5.41) is 0.490. The van der Waals surface area contributed by atoms with Gasteiger partial charge in [-0.15, -0.1) is 0 Å². The third-order valence-corrected chi connectivity index (χ3v) is 2.59. The predicted octanol–water partition coefficient (Wildman–Crippen LogP) is 2.34. The highest BCUT2D eigenvalue weighted by Crippen LogP contribution is 2.20. The molecule has 0 atom stereocenters. The molecule has 88 valence electrons. The van der Waals surface area contributed by atoms with Gasteiger partial charge < -0.3 is 9.15 Å². The third kappa shape index (κ3) is 2.06. The van der Waals surface area contributed by atoms with Gasteiger partial charge in [-0.1, -0.05) is 0 Å². The second kappa shape index (κ2) is 4.05. The summed E-state index contributed by atoms with van der Waals surface area (Å²) in [4.78, 5) is 22.7. The van der Waals surface area contributed by atoms with E-state index < -0.39 is 5.97 Å². The van der Waals surface area contributed by atoms with Crippen LogP contribution < -0.4 is 10.2 Å². The fraction of sp³-hybridized carbons (Fsp3) is 0.231. The van der Waals surface area contributed by atoms with E-state index in [0.717, 1.165) is 0 Å². The van der Waals surface area contributed by atoms with E-state index in [-0.39, 0.29) is 5.43 Å². The predicted molar refractivity (Wildman–Crippen MR) is 63.3 cm³/mol. The van der Waals surface area contributed by atoms with Gasteiger partial charge in [-0.3, -0.25) is 9.59 Å². The molecule has 1 heterocycles. The fourth-order valence-electron chi connectivity index (χ4n) is 1.61. The minimum atomic E-state index is -0.407. The maximum Gasteiger partial charge on any atom is 0.308 e. The van der Waals surface area contributed by atoms with Crippen LogP contribution >= 0.6 is 0 Å². The van der Waals surface area contributed by atoms with Crippen LogP contribution in [0.5, 0.6) is 5.75 Å². The summed E-state index contributed by atoms with van der Waals surface area (Å²) >= 11 is 0. The molecule has 0 N–H and O–H groups in total. The molecule has 0 radical (unpaired) electrons. The van der Waals surface area contributed by atoms with Crippen LogP contribution in [0.4, 0.5) is 0 Å². The molecule has 1 aromatic carbocycles. The van der Waals surface area contributed by atoms with Crippen molar-refractivity contribution in [2.75, 3.05) is 0 Å². The number of hydrogen-bond acceptors (Lipinski definition) is 4. The van der Waals surface area contributed by atoms with Crippen molar-refractivity contribution in [3.8, 4) is 5.75 Å². The molecule has 0 fully saturated rings. The fourth-order valence-corrected chi connectivity index (χ4v) is 1.61. The van der Waals surface area contributed by atoms with Crippen molar-refractivity contribution in [1.29, 1.82) is 0 Å². The van der Waals surface area contributed by atoms with Crippen LogP contribution in [0.1, 0.15) is 18.2 Å². The number of carbonyl (C=O) groups is 1. The molecular formula is C13H12O4. The lowest BCUT2D eigenvalue weighted by Crippen LogP contribution is -2.07. The van der Waals surface area contributed by atoms with Crippen LogP contribution in [0.15, 0.2) is 27.4 Å². The Morgan fingerprint density at radius 2 is 2.00 bits per heavy atom. The van der Waals surface area contributed by atoms with Crippen molar-refractivity contribution in [3.05, 3.63) is 39.7 Å². The Bertz CT molecular complexity index is 652. The van der Waals surface area contributed by atoms with Gasteiger partial charge in [-0.25, -0.2) is 0 Å². The van der Waals surface area contributed by atoms with Gasteiger partial charge in [-0.05, 0) is 26.0 Å². The van der Waals surface area contributed by atoms with Gasteiger partial charge in [0.2, 0.25) is 0 Å². The summed E-state index contributed by atoms with van der Waals surface area (Å²) in [6.07, 6.45) is 0. The molecule has 2 aromatic rings. The molecule has 0 saturated carbocycles. The largest absolute Gasteiger partial charge is 0.461 e. The normalized spacial score (nSPS) is 10.5. The first kappa shape index (κ1) is 11.4. The average Bonchev–Trinajstić information content (AvgIpc) is 2.25. The van der Waals surface area contributed by atoms with E-state index in [4.69, 9.17) is 9.15 Å². The van der Waals surface area contributed by atoms with E-state index in [1.807, 2.05) is 0 Å². The molecule has 0 amide bonds. The van der Waals surface area contributed by atoms with E-state index in [0.29, 0.717) is 28.0 Å². The summed E-state index contributed by atoms with van der Waals surface area (Å²) in [6, 6.07) is 4.73. The summed E-state index contributed by atoms with van der Waals surface area (Å²) in [5.74, 6) is 0.536. The molecule has 4 nitrogen and oxygen atoms in total. The maximum absolute atomic E-state index is 11.9. The third-order valence-electron chi connectivity index (χ3n) is 2.59. The summed E-state index contributed by atoms with van der Waals surface area (Å²) in [5.41, 5.74) is 0.965. The molecule has 0 aliphatic heterocycles. The monoisotopic (exact) mass is 232 g/mol. The van der Waals surface area contributed by atoms with Crippen molar-refractivity contribution < 1.29 is 13.9 Å². The van der Waals surface area contributed by atoms with Crippen LogP contribution in [-0.2, 0) is 4.79 Å². The Balaban J connectivity index is 2.67. The zero-order chi connectivity index (χ0) is 12.6. The molecule has 17 heavy (non-hydrogen) atoms. The van der Waals surface area contributed by atoms with Gasteiger partial charge in [0.1, 0.15) is 17.1 Å². The van der Waals surface area contributed by atoms with Crippen molar-refractivity contribution >= 4 is 16.9 Å². The van der Waals surface area contributed by atoms with Gasteiger partial charge in [-0.2, -0.15) is 0 Å². The highest BCUT2D eigenvalue weighted by atomic mass is 16.5. The molecular weight excluding hydrogens is 220 g/mol. The standard InChI is InChI=1S/C13H12O4/c1-7-8(2)16-12-6-10(17-9(3)14)4-5-11(12)13(7)15/h4-6H,1-3H3. The lowest BCUT2D eigenvalue weighted by Gasteiger charge is -2.05. The highest BCUT2D eigenvalue weighted by Gasteiger charge is 2.09. The topological polar surface area (TPSA) is 56.5 Å². The van der Waals surface area contributed by atoms with E-state index in [1.165, 1.54) is 6.92 Å². The Hall–Kier alpha value is -2.10. The average molecular weight is 232 g/mol. The number of benzene rings is 1. The first-order valence-corrected chi connectivity index (χ1v) is 5.21. The van der Waals surface area contributed by atoms with Gasteiger partial charge in [0.15, 0.2) is 5.43 Å². The number of hydrogen-bond donors (Lipinski definition) is 0. The van der Waals surface area contributed by atoms with Gasteiger partial charge in [0.05, 0.1) is 5.39 Å². The SMILES string of the molecule is CC(=O)Oc1ccc2c(=O)c(C)c(C)oc2c1. The molecule has 0 unspecified atom stereocenters. The quantitative estimate of drug-likeness (QED) is 0.559. The van der Waals surface area contributed by atoms with E-state index in [1.54, 1.807) is 32.0 Å². The van der Waals surface area contributed by atoms with Gasteiger partial charge >= 0.3 is 5.97 Å². The van der Waals surface area contributed by atoms with E-state index >= 15 is 0 Å². The zero-order valence-electron chi connectivity index (χ0n) is 9.87. The molecule has 2 rings (SSSR count). The number of carbonyl (C=O) groups excluding carboxylic acids is 1. The van der Waals surface area contributed by atoms with Crippen LogP contribution in [0.25, 0.3) is 11.0 Å². The summed E-state index contributed by atoms with van der Waals surface area (Å²) in [6.45, 7) is 4.77. The maximum atomic E-state index is 11.9. The van der Waals surface area contributed by atoms with Gasteiger partial charge in [0, 0.05) is 18.6 Å². The minimum absolute atomic E-state index is 0.0573. The molecule has 4 heteroatoms. The van der Waals surface area contributed by atoms with Crippen LogP contribution in [0, 0.1) is 13.8 Å². The van der Waals surface area contributed by atoms with Crippen LogP contribution in [0.3, 0.4) is 0 Å². The molecule has 0 aliphatic carbocycles. The Morgan fingerprint density at radius 1 is 1.29 bits per heavy atom. The number of esters is 1. The van der Waals surface area contributed by atoms with Gasteiger partial charge in [0.25, 0.3) is 0 Å². The second-order valence-electron chi connectivity index (χ2n) is 3.86. The Labute approximate surface area is 97.8 Å². The lowest BCUT2D eigenvalue weighted by molar-refractivity contribution is -0.131. The second-order valence-corrected chi connectivity index (χ2v) is 3.86. The molecule has 0 saturated heterocycles. The van der Waals surface area contributed by atoms with E-state index in [9.17, 15) is 9.59 Å². The number of fused-ring (bicyclic) bond motifs is 1. The number of aryl methyl sites for hydroxylation is 1. The highest BCUT2D eigenvalue weighted by molar-refractivity contribution is 5.80. The molecule has 0 spiro atoms. The summed E-state index contributed by atoms with van der Waals surface area (Å²) in [7, 11) is 0. The summed E-state index contributed by atoms with van der Waals surface area (Å²) < 4.78 is 10.4.